The molecular formula is C14H18N4O. The number of aryl methyl sites for hydroxylation is 1. The van der Waals surface area contributed by atoms with Crippen LogP contribution in [0.3, 0.4) is 0 Å². The number of rotatable bonds is 3. The van der Waals surface area contributed by atoms with E-state index in [9.17, 15) is 4.79 Å². The molecule has 0 aliphatic heterocycles. The molecule has 0 spiro atoms. The second-order valence-corrected chi connectivity index (χ2v) is 4.78. The van der Waals surface area contributed by atoms with Crippen LogP contribution in [0.4, 0.5) is 11.5 Å². The molecule has 0 unspecified atom stereocenters. The molecule has 0 atom stereocenters. The monoisotopic (exact) mass is 258 g/mol. The third-order valence-electron chi connectivity index (χ3n) is 2.90. The molecule has 0 bridgehead atoms. The van der Waals surface area contributed by atoms with Gasteiger partial charge in [-0.3, -0.25) is 4.79 Å². The first-order valence-electron chi connectivity index (χ1n) is 6.20. The normalized spacial score (nSPS) is 10.7. The molecule has 5 heteroatoms. The highest BCUT2D eigenvalue weighted by Gasteiger charge is 2.13. The van der Waals surface area contributed by atoms with Gasteiger partial charge in [-0.2, -0.15) is 5.10 Å². The fourth-order valence-corrected chi connectivity index (χ4v) is 1.95. The standard InChI is InChI=1S/C14H18N4O/c1-9(2)18-13(6-7-16-18)17-14(19)12-5-4-11(15)8-10(12)3/h4-9H,15H2,1-3H3,(H,17,19). The summed E-state index contributed by atoms with van der Waals surface area (Å²) in [6, 6.07) is 7.22. The van der Waals surface area contributed by atoms with E-state index in [-0.39, 0.29) is 11.9 Å². The van der Waals surface area contributed by atoms with E-state index in [0.29, 0.717) is 17.1 Å². The van der Waals surface area contributed by atoms with E-state index in [1.165, 1.54) is 0 Å². The third-order valence-corrected chi connectivity index (χ3v) is 2.90. The maximum absolute atomic E-state index is 12.2. The number of benzene rings is 1. The number of aromatic nitrogens is 2. The number of anilines is 2. The van der Waals surface area contributed by atoms with Crippen molar-refractivity contribution in [2.75, 3.05) is 11.1 Å². The lowest BCUT2D eigenvalue weighted by atomic mass is 10.1. The molecule has 1 aromatic heterocycles. The van der Waals surface area contributed by atoms with Crippen LogP contribution in [0, 0.1) is 6.92 Å². The van der Waals surface area contributed by atoms with Gasteiger partial charge in [-0.1, -0.05) is 0 Å². The molecule has 1 heterocycles. The highest BCUT2D eigenvalue weighted by molar-refractivity contribution is 6.05. The molecule has 1 aromatic carbocycles. The van der Waals surface area contributed by atoms with Crippen molar-refractivity contribution in [2.24, 2.45) is 0 Å². The lowest BCUT2D eigenvalue weighted by molar-refractivity contribution is 0.102. The second kappa shape index (κ2) is 5.14. The molecule has 0 saturated heterocycles. The van der Waals surface area contributed by atoms with Gasteiger partial charge in [0.25, 0.3) is 5.91 Å². The number of hydrogen-bond acceptors (Lipinski definition) is 3. The van der Waals surface area contributed by atoms with Crippen LogP contribution in [-0.2, 0) is 0 Å². The first kappa shape index (κ1) is 13.1. The third kappa shape index (κ3) is 2.76. The number of nitrogens with one attached hydrogen (secondary N) is 1. The van der Waals surface area contributed by atoms with Gasteiger partial charge in [0.15, 0.2) is 0 Å². The van der Waals surface area contributed by atoms with Crippen molar-refractivity contribution in [3.05, 3.63) is 41.6 Å². The predicted molar refractivity (Wildman–Crippen MR) is 76.2 cm³/mol. The van der Waals surface area contributed by atoms with E-state index in [1.54, 1.807) is 35.1 Å². The van der Waals surface area contributed by atoms with Gasteiger partial charge in [-0.05, 0) is 44.5 Å². The van der Waals surface area contributed by atoms with Gasteiger partial charge in [0, 0.05) is 23.4 Å². The molecule has 0 aliphatic carbocycles. The molecule has 0 aliphatic rings. The molecule has 3 N–H and O–H groups in total. The molecule has 0 saturated carbocycles. The van der Waals surface area contributed by atoms with Crippen LogP contribution in [0.15, 0.2) is 30.5 Å². The van der Waals surface area contributed by atoms with E-state index in [1.807, 2.05) is 20.8 Å². The van der Waals surface area contributed by atoms with Crippen molar-refractivity contribution in [1.82, 2.24) is 9.78 Å². The predicted octanol–water partition coefficient (Wildman–Crippen LogP) is 2.61. The van der Waals surface area contributed by atoms with Crippen LogP contribution in [0.2, 0.25) is 0 Å². The summed E-state index contributed by atoms with van der Waals surface area (Å²) in [6.45, 7) is 5.89. The lowest BCUT2D eigenvalue weighted by Gasteiger charge is -2.12. The minimum atomic E-state index is -0.153. The summed E-state index contributed by atoms with van der Waals surface area (Å²) >= 11 is 0. The SMILES string of the molecule is Cc1cc(N)ccc1C(=O)Nc1ccnn1C(C)C. The van der Waals surface area contributed by atoms with Gasteiger partial charge < -0.3 is 11.1 Å². The van der Waals surface area contributed by atoms with E-state index in [2.05, 4.69) is 10.4 Å². The molecule has 1 amide bonds. The van der Waals surface area contributed by atoms with Crippen LogP contribution in [0.1, 0.15) is 35.8 Å². The Bertz CT molecular complexity index is 601. The summed E-state index contributed by atoms with van der Waals surface area (Å²) in [6.07, 6.45) is 1.67. The summed E-state index contributed by atoms with van der Waals surface area (Å²) in [4.78, 5) is 12.2. The van der Waals surface area contributed by atoms with E-state index in [4.69, 9.17) is 5.73 Å². The second-order valence-electron chi connectivity index (χ2n) is 4.78. The fourth-order valence-electron chi connectivity index (χ4n) is 1.95. The van der Waals surface area contributed by atoms with Crippen LogP contribution in [-0.4, -0.2) is 15.7 Å². The number of nitrogen functional groups attached to an aromatic ring is 1. The van der Waals surface area contributed by atoms with Gasteiger partial charge in [-0.25, -0.2) is 4.68 Å². The van der Waals surface area contributed by atoms with E-state index < -0.39 is 0 Å². The number of hydrogen-bond donors (Lipinski definition) is 2. The molecule has 0 radical (unpaired) electrons. The average Bonchev–Trinajstić information content (AvgIpc) is 2.76. The zero-order chi connectivity index (χ0) is 14.0. The Morgan fingerprint density at radius 2 is 2.11 bits per heavy atom. The number of carbonyl (C=O) groups excluding carboxylic acids is 1. The largest absolute Gasteiger partial charge is 0.399 e. The fraction of sp³-hybridized carbons (Fsp3) is 0.286. The van der Waals surface area contributed by atoms with Crippen molar-refractivity contribution in [3.8, 4) is 0 Å². The summed E-state index contributed by atoms with van der Waals surface area (Å²) in [5.74, 6) is 0.538. The molecular weight excluding hydrogens is 240 g/mol. The smallest absolute Gasteiger partial charge is 0.257 e. The van der Waals surface area contributed by atoms with Crippen molar-refractivity contribution in [2.45, 2.75) is 26.8 Å². The average molecular weight is 258 g/mol. The molecule has 2 aromatic rings. The molecule has 0 fully saturated rings. The maximum atomic E-state index is 12.2. The summed E-state index contributed by atoms with van der Waals surface area (Å²) < 4.78 is 1.77. The summed E-state index contributed by atoms with van der Waals surface area (Å²) in [5, 5.41) is 7.05. The number of amides is 1. The summed E-state index contributed by atoms with van der Waals surface area (Å²) in [7, 11) is 0. The van der Waals surface area contributed by atoms with Crippen molar-refractivity contribution in [1.29, 1.82) is 0 Å². The summed E-state index contributed by atoms with van der Waals surface area (Å²) in [5.41, 5.74) is 7.81. The lowest BCUT2D eigenvalue weighted by Crippen LogP contribution is -2.17. The Labute approximate surface area is 112 Å². The minimum Gasteiger partial charge on any atom is -0.399 e. The molecule has 5 nitrogen and oxygen atoms in total. The highest BCUT2D eigenvalue weighted by Crippen LogP contribution is 2.17. The molecule has 2 rings (SSSR count). The highest BCUT2D eigenvalue weighted by atomic mass is 16.1. The molecule has 100 valence electrons. The number of nitrogens with zero attached hydrogens (tertiary/aromatic N) is 2. The van der Waals surface area contributed by atoms with Crippen LogP contribution in [0.25, 0.3) is 0 Å². The first-order chi connectivity index (χ1) is 8.99. The van der Waals surface area contributed by atoms with E-state index in [0.717, 1.165) is 5.56 Å². The van der Waals surface area contributed by atoms with Crippen LogP contribution < -0.4 is 11.1 Å². The van der Waals surface area contributed by atoms with E-state index >= 15 is 0 Å². The Morgan fingerprint density at radius 1 is 1.37 bits per heavy atom. The molecule has 19 heavy (non-hydrogen) atoms. The Balaban J connectivity index is 2.23. The zero-order valence-corrected chi connectivity index (χ0v) is 11.3. The maximum Gasteiger partial charge on any atom is 0.257 e. The van der Waals surface area contributed by atoms with Crippen molar-refractivity contribution >= 4 is 17.4 Å². The zero-order valence-electron chi connectivity index (χ0n) is 11.3. The van der Waals surface area contributed by atoms with Gasteiger partial charge in [0.05, 0.1) is 6.20 Å². The first-order valence-corrected chi connectivity index (χ1v) is 6.20. The Morgan fingerprint density at radius 3 is 2.74 bits per heavy atom. The quantitative estimate of drug-likeness (QED) is 0.831. The van der Waals surface area contributed by atoms with Gasteiger partial charge in [0.2, 0.25) is 0 Å². The van der Waals surface area contributed by atoms with Crippen LogP contribution >= 0.6 is 0 Å². The van der Waals surface area contributed by atoms with Gasteiger partial charge in [-0.15, -0.1) is 0 Å². The Kier molecular flexibility index (Phi) is 3.55. The number of nitrogens with two attached hydrogens (primary N) is 1. The minimum absolute atomic E-state index is 0.153. The Hall–Kier alpha value is -2.30. The number of carbonyl (C=O) groups is 1. The van der Waals surface area contributed by atoms with Gasteiger partial charge >= 0.3 is 0 Å². The van der Waals surface area contributed by atoms with Crippen molar-refractivity contribution < 1.29 is 4.79 Å². The topological polar surface area (TPSA) is 72.9 Å². The van der Waals surface area contributed by atoms with Crippen molar-refractivity contribution in [3.63, 3.8) is 0 Å². The van der Waals surface area contributed by atoms with Gasteiger partial charge in [0.1, 0.15) is 5.82 Å². The van der Waals surface area contributed by atoms with Crippen LogP contribution in [0.5, 0.6) is 0 Å².